The number of carbonyl (C=O) groups is 1. The Bertz CT molecular complexity index is 661. The lowest BCUT2D eigenvalue weighted by Crippen LogP contribution is -2.27. The van der Waals surface area contributed by atoms with Gasteiger partial charge in [0.05, 0.1) is 17.7 Å². The number of hydrogen-bond donors (Lipinski definition) is 2. The van der Waals surface area contributed by atoms with E-state index in [0.29, 0.717) is 17.9 Å². The van der Waals surface area contributed by atoms with Crippen molar-refractivity contribution in [3.8, 4) is 5.75 Å². The highest BCUT2D eigenvalue weighted by atomic mass is 79.9. The van der Waals surface area contributed by atoms with Crippen LogP contribution in [-0.4, -0.2) is 31.1 Å². The van der Waals surface area contributed by atoms with Gasteiger partial charge < -0.3 is 15.4 Å². The molecule has 2 aromatic rings. The van der Waals surface area contributed by atoms with Crippen molar-refractivity contribution in [3.63, 3.8) is 0 Å². The summed E-state index contributed by atoms with van der Waals surface area (Å²) in [7, 11) is 1.58. The van der Waals surface area contributed by atoms with Gasteiger partial charge in [0.2, 0.25) is 0 Å². The lowest BCUT2D eigenvalue weighted by molar-refractivity contribution is 0.0952. The van der Waals surface area contributed by atoms with Gasteiger partial charge in [-0.3, -0.25) is 4.79 Å². The van der Waals surface area contributed by atoms with E-state index < -0.39 is 0 Å². The fraction of sp³-hybridized carbons (Fsp3) is 0.375. The molecule has 0 bridgehead atoms. The minimum absolute atomic E-state index is 0.103. The van der Waals surface area contributed by atoms with E-state index >= 15 is 0 Å². The summed E-state index contributed by atoms with van der Waals surface area (Å²) in [4.78, 5) is 17.6. The minimum Gasteiger partial charge on any atom is -0.497 e. The zero-order valence-electron chi connectivity index (χ0n) is 13.2. The highest BCUT2D eigenvalue weighted by Gasteiger charge is 2.10. The molecule has 0 saturated carbocycles. The number of aryl methyl sites for hydroxylation is 1. The van der Waals surface area contributed by atoms with Crippen LogP contribution in [0.25, 0.3) is 0 Å². The quantitative estimate of drug-likeness (QED) is 0.671. The van der Waals surface area contributed by atoms with Crippen LogP contribution in [0.15, 0.2) is 28.9 Å². The molecule has 1 aromatic heterocycles. The number of carbonyl (C=O) groups excluding carboxylic acids is 1. The van der Waals surface area contributed by atoms with Gasteiger partial charge in [-0.2, -0.15) is 0 Å². The van der Waals surface area contributed by atoms with Gasteiger partial charge in [0.25, 0.3) is 5.91 Å². The maximum absolute atomic E-state index is 12.2. The number of methoxy groups -OCH3 is 1. The summed E-state index contributed by atoms with van der Waals surface area (Å²) in [5.41, 5.74) is 0.581. The van der Waals surface area contributed by atoms with E-state index in [1.807, 2.05) is 25.3 Å². The predicted octanol–water partition coefficient (Wildman–Crippen LogP) is 3.13. The third-order valence-corrected chi connectivity index (χ3v) is 4.81. The smallest absolute Gasteiger partial charge is 0.252 e. The van der Waals surface area contributed by atoms with Crippen LogP contribution in [0.1, 0.15) is 26.7 Å². The van der Waals surface area contributed by atoms with Crippen molar-refractivity contribution >= 4 is 33.2 Å². The highest BCUT2D eigenvalue weighted by Crippen LogP contribution is 2.22. The minimum atomic E-state index is -0.103. The summed E-state index contributed by atoms with van der Waals surface area (Å²) < 4.78 is 5.91. The Morgan fingerprint density at radius 2 is 2.22 bits per heavy atom. The monoisotopic (exact) mass is 397 g/mol. The van der Waals surface area contributed by atoms with Crippen LogP contribution in [0, 0.1) is 6.92 Å². The SMILES string of the molecule is COc1ccc(Br)c(C(=O)NCCCNCc2cnc(C)s2)c1. The van der Waals surface area contributed by atoms with E-state index in [9.17, 15) is 4.79 Å². The zero-order chi connectivity index (χ0) is 16.7. The van der Waals surface area contributed by atoms with Crippen molar-refractivity contribution in [3.05, 3.63) is 44.3 Å². The summed E-state index contributed by atoms with van der Waals surface area (Å²) in [6.07, 6.45) is 2.76. The van der Waals surface area contributed by atoms with Crippen LogP contribution in [0.5, 0.6) is 5.75 Å². The molecule has 0 saturated heterocycles. The summed E-state index contributed by atoms with van der Waals surface area (Å²) in [6.45, 7) is 4.29. The Kier molecular flexibility index (Phi) is 7.01. The third kappa shape index (κ3) is 5.60. The molecule has 7 heteroatoms. The zero-order valence-corrected chi connectivity index (χ0v) is 15.6. The molecule has 0 spiro atoms. The standard InChI is InChI=1S/C16H20BrN3O2S/c1-11-20-10-13(23-11)9-18-6-3-7-19-16(21)14-8-12(22-2)4-5-15(14)17/h4-5,8,10,18H,3,6-7,9H2,1-2H3,(H,19,21). The topological polar surface area (TPSA) is 63.2 Å². The first-order chi connectivity index (χ1) is 11.1. The Morgan fingerprint density at radius 1 is 1.39 bits per heavy atom. The lowest BCUT2D eigenvalue weighted by Gasteiger charge is -2.09. The van der Waals surface area contributed by atoms with Gasteiger partial charge in [-0.15, -0.1) is 11.3 Å². The van der Waals surface area contributed by atoms with E-state index in [1.165, 1.54) is 4.88 Å². The molecule has 1 aromatic carbocycles. The highest BCUT2D eigenvalue weighted by molar-refractivity contribution is 9.10. The molecule has 0 aliphatic heterocycles. The van der Waals surface area contributed by atoms with Crippen molar-refractivity contribution < 1.29 is 9.53 Å². The first kappa shape index (κ1) is 17.9. The average Bonchev–Trinajstić information content (AvgIpc) is 2.96. The molecular formula is C16H20BrN3O2S. The number of nitrogens with zero attached hydrogens (tertiary/aromatic N) is 1. The molecular weight excluding hydrogens is 378 g/mol. The molecule has 2 N–H and O–H groups in total. The first-order valence-corrected chi connectivity index (χ1v) is 8.95. The molecule has 23 heavy (non-hydrogen) atoms. The first-order valence-electron chi connectivity index (χ1n) is 7.34. The van der Waals surface area contributed by atoms with Crippen LogP contribution >= 0.6 is 27.3 Å². The molecule has 5 nitrogen and oxygen atoms in total. The molecule has 0 fully saturated rings. The number of benzene rings is 1. The Morgan fingerprint density at radius 3 is 2.91 bits per heavy atom. The number of thiazole rings is 1. The molecule has 0 unspecified atom stereocenters. The predicted molar refractivity (Wildman–Crippen MR) is 96.2 cm³/mol. The van der Waals surface area contributed by atoms with Gasteiger partial charge in [0.1, 0.15) is 5.75 Å². The van der Waals surface area contributed by atoms with Crippen molar-refractivity contribution in [2.24, 2.45) is 0 Å². The van der Waals surface area contributed by atoms with Crippen LogP contribution in [0.4, 0.5) is 0 Å². The Balaban J connectivity index is 1.68. The molecule has 124 valence electrons. The van der Waals surface area contributed by atoms with Gasteiger partial charge in [0, 0.05) is 28.6 Å². The maximum atomic E-state index is 12.2. The van der Waals surface area contributed by atoms with E-state index in [2.05, 4.69) is 31.5 Å². The van der Waals surface area contributed by atoms with Crippen molar-refractivity contribution in [1.82, 2.24) is 15.6 Å². The number of rotatable bonds is 8. The summed E-state index contributed by atoms with van der Waals surface area (Å²) >= 11 is 5.09. The van der Waals surface area contributed by atoms with Crippen molar-refractivity contribution in [1.29, 1.82) is 0 Å². The van der Waals surface area contributed by atoms with Crippen LogP contribution in [-0.2, 0) is 6.54 Å². The molecule has 0 aliphatic rings. The number of hydrogen-bond acceptors (Lipinski definition) is 5. The van der Waals surface area contributed by atoms with E-state index in [4.69, 9.17) is 4.74 Å². The number of amides is 1. The fourth-order valence-corrected chi connectivity index (χ4v) is 3.21. The maximum Gasteiger partial charge on any atom is 0.252 e. The Hall–Kier alpha value is -1.44. The fourth-order valence-electron chi connectivity index (χ4n) is 2.01. The molecule has 1 heterocycles. The molecule has 0 aliphatic carbocycles. The van der Waals surface area contributed by atoms with Crippen LogP contribution < -0.4 is 15.4 Å². The van der Waals surface area contributed by atoms with Gasteiger partial charge in [-0.25, -0.2) is 4.98 Å². The average molecular weight is 398 g/mol. The van der Waals surface area contributed by atoms with Gasteiger partial charge >= 0.3 is 0 Å². The molecule has 1 amide bonds. The van der Waals surface area contributed by atoms with Gasteiger partial charge in [-0.05, 0) is 54.0 Å². The number of aromatic nitrogens is 1. The summed E-state index contributed by atoms with van der Waals surface area (Å²) in [5.74, 6) is 0.564. The van der Waals surface area contributed by atoms with E-state index in [0.717, 1.165) is 29.0 Å². The van der Waals surface area contributed by atoms with Crippen molar-refractivity contribution in [2.45, 2.75) is 19.9 Å². The number of halogens is 1. The second-order valence-electron chi connectivity index (χ2n) is 4.98. The van der Waals surface area contributed by atoms with Gasteiger partial charge in [-0.1, -0.05) is 0 Å². The van der Waals surface area contributed by atoms with Crippen LogP contribution in [0.3, 0.4) is 0 Å². The van der Waals surface area contributed by atoms with E-state index in [-0.39, 0.29) is 5.91 Å². The molecule has 2 rings (SSSR count). The second-order valence-corrected chi connectivity index (χ2v) is 7.15. The molecule has 0 atom stereocenters. The number of nitrogens with one attached hydrogen (secondary N) is 2. The third-order valence-electron chi connectivity index (χ3n) is 3.20. The van der Waals surface area contributed by atoms with E-state index in [1.54, 1.807) is 24.5 Å². The summed E-state index contributed by atoms with van der Waals surface area (Å²) in [6, 6.07) is 5.35. The Labute approximate surface area is 148 Å². The van der Waals surface area contributed by atoms with Gasteiger partial charge in [0.15, 0.2) is 0 Å². The van der Waals surface area contributed by atoms with Crippen LogP contribution in [0.2, 0.25) is 0 Å². The lowest BCUT2D eigenvalue weighted by atomic mass is 10.2. The second kappa shape index (κ2) is 9.00. The largest absolute Gasteiger partial charge is 0.497 e. The van der Waals surface area contributed by atoms with Crippen molar-refractivity contribution in [2.75, 3.05) is 20.2 Å². The number of ether oxygens (including phenoxy) is 1. The normalized spacial score (nSPS) is 10.6. The molecule has 0 radical (unpaired) electrons. The summed E-state index contributed by atoms with van der Waals surface area (Å²) in [5, 5.41) is 7.35.